The number of nitrogens with one attached hydrogen (secondary N) is 2. The zero-order valence-electron chi connectivity index (χ0n) is 31.7. The van der Waals surface area contributed by atoms with Gasteiger partial charge in [0.15, 0.2) is 0 Å². The number of hydrogen-bond acceptors (Lipinski definition) is 8. The molecule has 0 spiro atoms. The molecule has 0 bridgehead atoms. The highest BCUT2D eigenvalue weighted by molar-refractivity contribution is 5.73. The molecule has 0 saturated heterocycles. The van der Waals surface area contributed by atoms with Crippen LogP contribution in [-0.4, -0.2) is 49.6 Å². The minimum Gasteiger partial charge on any atom is -0.390 e. The molecule has 5 rings (SSSR count). The van der Waals surface area contributed by atoms with Crippen molar-refractivity contribution in [2.45, 2.75) is 153 Å². The average molecular weight is 708 g/mol. The summed E-state index contributed by atoms with van der Waals surface area (Å²) in [6.07, 6.45) is 13.2. The molecule has 2 aromatic heterocycles. The SMILES string of the molecule is CC(=O)NC(Cc1cc(F)cc(F)c1)C(O)CNC1(c2cc(C(C)(C)C)ncn2)CCCCC1.CC(C)(C)c1cc(C2(N)CCCCC2)ncn1. The molecule has 2 unspecified atom stereocenters. The second-order valence-electron chi connectivity index (χ2n) is 16.7. The summed E-state index contributed by atoms with van der Waals surface area (Å²) in [4.78, 5) is 29.6. The number of amides is 1. The lowest BCUT2D eigenvalue weighted by atomic mass is 9.78. The van der Waals surface area contributed by atoms with Gasteiger partial charge in [-0.1, -0.05) is 80.1 Å². The predicted octanol–water partition coefficient (Wildman–Crippen LogP) is 6.80. The van der Waals surface area contributed by atoms with Crippen LogP contribution in [0.2, 0.25) is 0 Å². The van der Waals surface area contributed by atoms with Crippen LogP contribution < -0.4 is 16.4 Å². The highest BCUT2D eigenvalue weighted by Crippen LogP contribution is 2.38. The topological polar surface area (TPSA) is 139 Å². The van der Waals surface area contributed by atoms with Crippen molar-refractivity contribution < 1.29 is 18.7 Å². The molecule has 2 fully saturated rings. The van der Waals surface area contributed by atoms with E-state index >= 15 is 0 Å². The third-order valence-electron chi connectivity index (χ3n) is 10.2. The van der Waals surface area contributed by atoms with E-state index in [0.717, 1.165) is 73.8 Å². The van der Waals surface area contributed by atoms with E-state index in [4.69, 9.17) is 5.73 Å². The fourth-order valence-electron chi connectivity index (χ4n) is 7.16. The summed E-state index contributed by atoms with van der Waals surface area (Å²) in [6, 6.07) is 6.68. The summed E-state index contributed by atoms with van der Waals surface area (Å²) < 4.78 is 27.3. The van der Waals surface area contributed by atoms with E-state index in [1.165, 1.54) is 38.3 Å². The van der Waals surface area contributed by atoms with Crippen LogP contribution in [-0.2, 0) is 33.1 Å². The smallest absolute Gasteiger partial charge is 0.217 e. The third-order valence-corrected chi connectivity index (χ3v) is 10.2. The number of nitrogens with zero attached hydrogens (tertiary/aromatic N) is 4. The van der Waals surface area contributed by atoms with Crippen LogP contribution in [0.5, 0.6) is 0 Å². The number of carbonyl (C=O) groups is 1. The van der Waals surface area contributed by atoms with Gasteiger partial charge >= 0.3 is 0 Å². The van der Waals surface area contributed by atoms with E-state index in [1.54, 1.807) is 12.7 Å². The maximum Gasteiger partial charge on any atom is 0.217 e. The van der Waals surface area contributed by atoms with Crippen LogP contribution in [0.3, 0.4) is 0 Å². The molecular formula is C40H59F2N7O2. The van der Waals surface area contributed by atoms with Gasteiger partial charge in [-0.15, -0.1) is 0 Å². The van der Waals surface area contributed by atoms with Crippen molar-refractivity contribution in [3.8, 4) is 0 Å². The number of halogens is 2. The molecule has 0 radical (unpaired) electrons. The Hall–Kier alpha value is -3.41. The number of aromatic nitrogens is 4. The lowest BCUT2D eigenvalue weighted by molar-refractivity contribution is -0.120. The molecule has 9 nitrogen and oxygen atoms in total. The van der Waals surface area contributed by atoms with Gasteiger partial charge in [-0.25, -0.2) is 28.7 Å². The van der Waals surface area contributed by atoms with Gasteiger partial charge in [-0.05, 0) is 61.9 Å². The summed E-state index contributed by atoms with van der Waals surface area (Å²) in [7, 11) is 0. The van der Waals surface area contributed by atoms with Crippen molar-refractivity contribution in [1.82, 2.24) is 30.6 Å². The maximum absolute atomic E-state index is 13.7. The van der Waals surface area contributed by atoms with Crippen molar-refractivity contribution in [2.75, 3.05) is 6.54 Å². The summed E-state index contributed by atoms with van der Waals surface area (Å²) >= 11 is 0. The molecule has 5 N–H and O–H groups in total. The van der Waals surface area contributed by atoms with Gasteiger partial charge in [0.1, 0.15) is 24.3 Å². The van der Waals surface area contributed by atoms with Gasteiger partial charge < -0.3 is 21.5 Å². The Bertz CT molecular complexity index is 1570. The first kappa shape index (κ1) is 40.4. The van der Waals surface area contributed by atoms with E-state index in [0.29, 0.717) is 5.56 Å². The molecular weight excluding hydrogens is 648 g/mol. The van der Waals surface area contributed by atoms with Crippen molar-refractivity contribution in [2.24, 2.45) is 5.73 Å². The summed E-state index contributed by atoms with van der Waals surface area (Å²) in [6.45, 7) is 14.4. The molecule has 1 aromatic carbocycles. The molecule has 2 heterocycles. The number of benzene rings is 1. The minimum atomic E-state index is -0.974. The molecule has 3 aromatic rings. The highest BCUT2D eigenvalue weighted by Gasteiger charge is 2.37. The fourth-order valence-corrected chi connectivity index (χ4v) is 7.16. The normalized spacial score (nSPS) is 18.6. The highest BCUT2D eigenvalue weighted by atomic mass is 19.1. The zero-order valence-corrected chi connectivity index (χ0v) is 31.7. The van der Waals surface area contributed by atoms with Crippen molar-refractivity contribution in [1.29, 1.82) is 0 Å². The van der Waals surface area contributed by atoms with E-state index in [2.05, 4.69) is 78.2 Å². The molecule has 0 aliphatic heterocycles. The Kier molecular flexibility index (Phi) is 13.4. The molecule has 2 aliphatic rings. The van der Waals surface area contributed by atoms with Gasteiger partial charge in [-0.2, -0.15) is 0 Å². The number of carbonyl (C=O) groups excluding carboxylic acids is 1. The number of hydrogen-bond donors (Lipinski definition) is 4. The standard InChI is InChI=1S/C26H36F2N4O2.C14H23N3/c1-17(33)32-21(12-18-10-19(27)13-20(28)11-18)22(34)15-31-26(8-6-5-7-9-26)24-14-23(25(2,3)4)29-16-30-24;1-13(2,3)11-9-12(17-10-16-11)14(15)7-5-4-6-8-14/h10-11,13-14,16,21-22,31,34H,5-9,12,15H2,1-4H3,(H,32,33);9-10H,4-8,15H2,1-3H3. The molecule has 2 aliphatic carbocycles. The molecule has 11 heteroatoms. The monoisotopic (exact) mass is 707 g/mol. The Morgan fingerprint density at radius 2 is 1.27 bits per heavy atom. The van der Waals surface area contributed by atoms with Gasteiger partial charge in [0.2, 0.25) is 5.91 Å². The molecule has 2 saturated carbocycles. The number of aliphatic hydroxyl groups is 1. The lowest BCUT2D eigenvalue weighted by Crippen LogP contribution is -2.53. The molecule has 1 amide bonds. The minimum absolute atomic E-state index is 0.0583. The first-order chi connectivity index (χ1) is 23.9. The predicted molar refractivity (Wildman–Crippen MR) is 197 cm³/mol. The van der Waals surface area contributed by atoms with Crippen LogP contribution in [0.15, 0.2) is 43.0 Å². The Labute approximate surface area is 303 Å². The van der Waals surface area contributed by atoms with Crippen LogP contribution in [0, 0.1) is 11.6 Å². The van der Waals surface area contributed by atoms with Crippen LogP contribution in [0.4, 0.5) is 8.78 Å². The molecule has 51 heavy (non-hydrogen) atoms. The Balaban J connectivity index is 0.000000286. The van der Waals surface area contributed by atoms with Crippen LogP contribution in [0.1, 0.15) is 141 Å². The first-order valence-electron chi connectivity index (χ1n) is 18.5. The van der Waals surface area contributed by atoms with Gasteiger partial charge in [-0.3, -0.25) is 4.79 Å². The summed E-state index contributed by atoms with van der Waals surface area (Å²) in [5.74, 6) is -1.70. The maximum atomic E-state index is 13.7. The van der Waals surface area contributed by atoms with E-state index in [-0.39, 0.29) is 35.2 Å². The molecule has 280 valence electrons. The first-order valence-corrected chi connectivity index (χ1v) is 18.5. The van der Waals surface area contributed by atoms with Crippen LogP contribution >= 0.6 is 0 Å². The summed E-state index contributed by atoms with van der Waals surface area (Å²) in [5.41, 5.74) is 10.1. The second kappa shape index (κ2) is 16.9. The van der Waals surface area contributed by atoms with Crippen molar-refractivity contribution >= 4 is 5.91 Å². The van der Waals surface area contributed by atoms with Crippen LogP contribution in [0.25, 0.3) is 0 Å². The van der Waals surface area contributed by atoms with Gasteiger partial charge in [0.05, 0.1) is 34.6 Å². The van der Waals surface area contributed by atoms with Gasteiger partial charge in [0, 0.05) is 41.8 Å². The zero-order chi connectivity index (χ0) is 37.5. The fraction of sp³-hybridized carbons (Fsp3) is 0.625. The van der Waals surface area contributed by atoms with Gasteiger partial charge in [0.25, 0.3) is 0 Å². The number of rotatable bonds is 9. The number of nitrogens with two attached hydrogens (primary N) is 1. The third kappa shape index (κ3) is 11.3. The summed E-state index contributed by atoms with van der Waals surface area (Å²) in [5, 5.41) is 17.3. The quantitative estimate of drug-likeness (QED) is 0.191. The largest absolute Gasteiger partial charge is 0.390 e. The van der Waals surface area contributed by atoms with Crippen molar-refractivity contribution in [3.05, 3.63) is 83.0 Å². The van der Waals surface area contributed by atoms with Crippen molar-refractivity contribution in [3.63, 3.8) is 0 Å². The average Bonchev–Trinajstić information content (AvgIpc) is 3.07. The Morgan fingerprint density at radius 1 is 0.784 bits per heavy atom. The van der Waals surface area contributed by atoms with E-state index in [1.807, 2.05) is 6.07 Å². The number of aliphatic hydroxyl groups excluding tert-OH is 1. The Morgan fingerprint density at radius 3 is 1.78 bits per heavy atom. The molecule has 2 atom stereocenters. The van der Waals surface area contributed by atoms with E-state index in [9.17, 15) is 18.7 Å². The lowest BCUT2D eigenvalue weighted by Gasteiger charge is -2.39. The second-order valence-corrected chi connectivity index (χ2v) is 16.7. The van der Waals surface area contributed by atoms with E-state index < -0.39 is 29.3 Å².